The topological polar surface area (TPSA) is 64.6 Å². The van der Waals surface area contributed by atoms with E-state index in [4.69, 9.17) is 4.98 Å². The third-order valence-corrected chi connectivity index (χ3v) is 7.73. The highest BCUT2D eigenvalue weighted by Crippen LogP contribution is 2.24. The number of likely N-dealkylation sites (tertiary alicyclic amines) is 2. The molecule has 1 aromatic carbocycles. The van der Waals surface area contributed by atoms with Crippen molar-refractivity contribution in [3.63, 3.8) is 0 Å². The van der Waals surface area contributed by atoms with Crippen molar-refractivity contribution in [1.82, 2.24) is 19.8 Å². The third kappa shape index (κ3) is 5.92. The quantitative estimate of drug-likeness (QED) is 0.693. The first-order chi connectivity index (χ1) is 17.2. The number of nitrogens with zero attached hydrogens (tertiary/aromatic N) is 5. The predicted octanol–water partition coefficient (Wildman–Crippen LogP) is 4.18. The van der Waals surface area contributed by atoms with Gasteiger partial charge in [0.05, 0.1) is 5.56 Å². The summed E-state index contributed by atoms with van der Waals surface area (Å²) in [6, 6.07) is 9.07. The summed E-state index contributed by atoms with van der Waals surface area (Å²) in [6.07, 6.45) is 11.0. The van der Waals surface area contributed by atoms with Crippen LogP contribution in [-0.2, 0) is 0 Å². The van der Waals surface area contributed by atoms with E-state index in [1.54, 1.807) is 23.1 Å². The maximum Gasteiger partial charge on any atom is 0.256 e. The molecule has 4 heterocycles. The SMILES string of the molecule is O=C(c1ccccc1F)N1CCC(N2CCCC(Nc3nccc(N4CCCCCC4)n3)C2)CC1. The number of rotatable bonds is 5. The van der Waals surface area contributed by atoms with Crippen LogP contribution >= 0.6 is 0 Å². The fourth-order valence-corrected chi connectivity index (χ4v) is 5.77. The number of carbonyl (C=O) groups excluding carboxylic acids is 1. The Labute approximate surface area is 207 Å². The summed E-state index contributed by atoms with van der Waals surface area (Å²) in [5, 5.41) is 3.60. The van der Waals surface area contributed by atoms with Crippen LogP contribution in [0.5, 0.6) is 0 Å². The maximum absolute atomic E-state index is 14.1. The lowest BCUT2D eigenvalue weighted by molar-refractivity contribution is 0.0576. The van der Waals surface area contributed by atoms with Gasteiger partial charge >= 0.3 is 0 Å². The van der Waals surface area contributed by atoms with Crippen LogP contribution in [0.3, 0.4) is 0 Å². The van der Waals surface area contributed by atoms with Crippen molar-refractivity contribution in [2.75, 3.05) is 49.5 Å². The first-order valence-corrected chi connectivity index (χ1v) is 13.3. The van der Waals surface area contributed by atoms with Gasteiger partial charge in [-0.05, 0) is 63.3 Å². The molecule has 0 saturated carbocycles. The highest BCUT2D eigenvalue weighted by molar-refractivity contribution is 5.94. The van der Waals surface area contributed by atoms with Crippen molar-refractivity contribution in [1.29, 1.82) is 0 Å². The van der Waals surface area contributed by atoms with Crippen LogP contribution in [0.15, 0.2) is 36.5 Å². The number of halogens is 1. The molecular formula is C27H37FN6O. The molecule has 3 aliphatic rings. The van der Waals surface area contributed by atoms with Crippen molar-refractivity contribution in [2.24, 2.45) is 0 Å². The Morgan fingerprint density at radius 2 is 1.69 bits per heavy atom. The summed E-state index contributed by atoms with van der Waals surface area (Å²) in [4.78, 5) is 28.9. The summed E-state index contributed by atoms with van der Waals surface area (Å²) in [7, 11) is 0. The number of aromatic nitrogens is 2. The van der Waals surface area contributed by atoms with Gasteiger partial charge in [-0.25, -0.2) is 9.37 Å². The minimum atomic E-state index is -0.438. The molecule has 0 bridgehead atoms. The van der Waals surface area contributed by atoms with Gasteiger partial charge in [0.25, 0.3) is 5.91 Å². The second kappa shape index (κ2) is 11.3. The van der Waals surface area contributed by atoms with Crippen LogP contribution in [0.1, 0.15) is 61.7 Å². The molecule has 0 aliphatic carbocycles. The van der Waals surface area contributed by atoms with E-state index in [2.05, 4.69) is 20.1 Å². The molecule has 35 heavy (non-hydrogen) atoms. The van der Waals surface area contributed by atoms with Crippen LogP contribution in [0, 0.1) is 5.82 Å². The number of benzene rings is 1. The summed E-state index contributed by atoms with van der Waals surface area (Å²) in [5.41, 5.74) is 0.176. The smallest absolute Gasteiger partial charge is 0.256 e. The van der Waals surface area contributed by atoms with E-state index in [0.717, 1.165) is 63.6 Å². The van der Waals surface area contributed by atoms with Gasteiger partial charge in [-0.15, -0.1) is 0 Å². The summed E-state index contributed by atoms with van der Waals surface area (Å²) >= 11 is 0. The lowest BCUT2D eigenvalue weighted by Crippen LogP contribution is -2.52. The standard InChI is InChI=1S/C27H37FN6O/c28-24-10-4-3-9-23(24)26(35)33-18-12-22(13-19-33)34-17-7-8-21(20-34)30-27-29-14-11-25(31-27)32-15-5-1-2-6-16-32/h3-4,9-11,14,21-22H,1-2,5-8,12-13,15-20H2,(H,29,30,31). The Bertz CT molecular complexity index is 987. The Morgan fingerprint density at radius 1 is 0.914 bits per heavy atom. The average molecular weight is 481 g/mol. The van der Waals surface area contributed by atoms with Crippen LogP contribution in [0.4, 0.5) is 16.2 Å². The number of hydrogen-bond acceptors (Lipinski definition) is 6. The van der Waals surface area contributed by atoms with Crippen molar-refractivity contribution in [3.05, 3.63) is 47.9 Å². The van der Waals surface area contributed by atoms with Crippen molar-refractivity contribution in [2.45, 2.75) is 63.5 Å². The molecule has 5 rings (SSSR count). The van der Waals surface area contributed by atoms with Gasteiger partial charge in [0.1, 0.15) is 11.6 Å². The molecule has 188 valence electrons. The zero-order valence-electron chi connectivity index (χ0n) is 20.5. The van der Waals surface area contributed by atoms with E-state index in [1.807, 2.05) is 12.3 Å². The molecule has 1 atom stereocenters. The van der Waals surface area contributed by atoms with Crippen LogP contribution in [-0.4, -0.2) is 77.0 Å². The number of anilines is 2. The Hall–Kier alpha value is -2.74. The van der Waals surface area contributed by atoms with Crippen molar-refractivity contribution >= 4 is 17.7 Å². The highest BCUT2D eigenvalue weighted by atomic mass is 19.1. The zero-order valence-corrected chi connectivity index (χ0v) is 20.5. The van der Waals surface area contributed by atoms with Gasteiger partial charge in [0, 0.05) is 51.0 Å². The minimum absolute atomic E-state index is 0.176. The van der Waals surface area contributed by atoms with Crippen molar-refractivity contribution in [3.8, 4) is 0 Å². The Balaban J connectivity index is 1.14. The molecular weight excluding hydrogens is 443 g/mol. The minimum Gasteiger partial charge on any atom is -0.356 e. The van der Waals surface area contributed by atoms with Crippen LogP contribution in [0.2, 0.25) is 0 Å². The molecule has 1 aromatic heterocycles. The zero-order chi connectivity index (χ0) is 24.0. The van der Waals surface area contributed by atoms with Gasteiger partial charge in [-0.1, -0.05) is 25.0 Å². The Morgan fingerprint density at radius 3 is 2.46 bits per heavy atom. The maximum atomic E-state index is 14.1. The molecule has 8 heteroatoms. The van der Waals surface area contributed by atoms with E-state index in [9.17, 15) is 9.18 Å². The highest BCUT2D eigenvalue weighted by Gasteiger charge is 2.31. The number of hydrogen-bond donors (Lipinski definition) is 1. The van der Waals surface area contributed by atoms with E-state index in [-0.39, 0.29) is 11.5 Å². The van der Waals surface area contributed by atoms with Gasteiger partial charge in [0.15, 0.2) is 0 Å². The molecule has 1 amide bonds. The monoisotopic (exact) mass is 480 g/mol. The first-order valence-electron chi connectivity index (χ1n) is 13.3. The molecule has 1 N–H and O–H groups in total. The van der Waals surface area contributed by atoms with Crippen molar-refractivity contribution < 1.29 is 9.18 Å². The van der Waals surface area contributed by atoms with Gasteiger partial charge in [0.2, 0.25) is 5.95 Å². The second-order valence-corrected chi connectivity index (χ2v) is 10.1. The summed E-state index contributed by atoms with van der Waals surface area (Å²) in [6.45, 7) is 5.54. The lowest BCUT2D eigenvalue weighted by atomic mass is 9.97. The van der Waals surface area contributed by atoms with Crippen LogP contribution in [0.25, 0.3) is 0 Å². The molecule has 2 aromatic rings. The molecule has 1 unspecified atom stereocenters. The second-order valence-electron chi connectivity index (χ2n) is 10.1. The fraction of sp³-hybridized carbons (Fsp3) is 0.593. The largest absolute Gasteiger partial charge is 0.356 e. The average Bonchev–Trinajstić information content (AvgIpc) is 3.19. The van der Waals surface area contributed by atoms with Gasteiger partial charge in [-0.2, -0.15) is 4.98 Å². The number of amides is 1. The molecule has 0 spiro atoms. The molecule has 7 nitrogen and oxygen atoms in total. The molecule has 0 radical (unpaired) electrons. The number of nitrogens with one attached hydrogen (secondary N) is 1. The van der Waals surface area contributed by atoms with E-state index >= 15 is 0 Å². The van der Waals surface area contributed by atoms with E-state index < -0.39 is 5.82 Å². The summed E-state index contributed by atoms with van der Waals surface area (Å²) < 4.78 is 14.1. The van der Waals surface area contributed by atoms with E-state index in [1.165, 1.54) is 31.7 Å². The van der Waals surface area contributed by atoms with Crippen LogP contribution < -0.4 is 10.2 Å². The summed E-state index contributed by atoms with van der Waals surface area (Å²) in [5.74, 6) is 1.13. The lowest BCUT2D eigenvalue weighted by Gasteiger charge is -2.42. The Kier molecular flexibility index (Phi) is 7.76. The van der Waals surface area contributed by atoms with Gasteiger partial charge < -0.3 is 15.1 Å². The van der Waals surface area contributed by atoms with E-state index in [0.29, 0.717) is 25.2 Å². The number of piperidine rings is 2. The predicted molar refractivity (Wildman–Crippen MR) is 136 cm³/mol. The first kappa shape index (κ1) is 24.0. The molecule has 3 aliphatic heterocycles. The molecule has 3 fully saturated rings. The number of carbonyl (C=O) groups is 1. The fourth-order valence-electron chi connectivity index (χ4n) is 5.77. The normalized spacial score (nSPS) is 22.6. The third-order valence-electron chi connectivity index (χ3n) is 7.73. The van der Waals surface area contributed by atoms with Gasteiger partial charge in [-0.3, -0.25) is 9.69 Å². The molecule has 3 saturated heterocycles.